The summed E-state index contributed by atoms with van der Waals surface area (Å²) in [5.74, 6) is -2.30. The lowest BCUT2D eigenvalue weighted by atomic mass is 9.79. The SMILES string of the molecule is C=C(C)C(F)(F)COc1cc(CC)c(/C(C(C)=O)=C(/CC(CC)C(CC)CCCCCC)OC(=O)C(C)(C)C)c(CC)c1. The number of aryl methyl sites for hydroxylation is 2. The molecule has 0 N–H and O–H groups in total. The summed E-state index contributed by atoms with van der Waals surface area (Å²) in [6.45, 7) is 21.3. The highest BCUT2D eigenvalue weighted by molar-refractivity contribution is 6.21. The van der Waals surface area contributed by atoms with Gasteiger partial charge in [0.25, 0.3) is 0 Å². The molecule has 0 bridgehead atoms. The highest BCUT2D eigenvalue weighted by Crippen LogP contribution is 2.39. The molecule has 1 aromatic carbocycles. The minimum absolute atomic E-state index is 0.186. The van der Waals surface area contributed by atoms with Crippen LogP contribution in [0.25, 0.3) is 5.57 Å². The van der Waals surface area contributed by atoms with E-state index >= 15 is 0 Å². The monoisotopic (exact) mass is 604 g/mol. The number of allylic oxidation sites excluding steroid dienone is 2. The number of carbonyl (C=O) groups is 2. The molecule has 0 aliphatic carbocycles. The maximum atomic E-state index is 14.3. The number of hydrogen-bond acceptors (Lipinski definition) is 4. The number of rotatable bonds is 19. The molecule has 0 fully saturated rings. The standard InChI is InChI=1S/C37H58F2O4/c1-12-17-18-19-20-27(13-2)28(14-3)23-32(43-35(41)36(9,10)11)33(26(8)40)34-29(15-4)21-31(22-30(34)16-5)42-24-37(38,39)25(6)7/h21-22,27-28H,6,12-20,23-24H2,1-5,7-11H3/b33-32-. The third kappa shape index (κ3) is 11.5. The molecule has 0 saturated carbocycles. The topological polar surface area (TPSA) is 52.6 Å². The Morgan fingerprint density at radius 3 is 1.86 bits per heavy atom. The number of carbonyl (C=O) groups excluding carboxylic acids is 2. The van der Waals surface area contributed by atoms with Gasteiger partial charge < -0.3 is 9.47 Å². The van der Waals surface area contributed by atoms with Crippen molar-refractivity contribution < 1.29 is 27.8 Å². The van der Waals surface area contributed by atoms with Crippen LogP contribution in [0.15, 0.2) is 30.0 Å². The van der Waals surface area contributed by atoms with Crippen LogP contribution in [0.4, 0.5) is 8.78 Å². The zero-order valence-electron chi connectivity index (χ0n) is 28.7. The molecule has 0 heterocycles. The predicted molar refractivity (Wildman–Crippen MR) is 175 cm³/mol. The number of hydrogen-bond donors (Lipinski definition) is 0. The van der Waals surface area contributed by atoms with Crippen molar-refractivity contribution in [2.24, 2.45) is 17.3 Å². The van der Waals surface area contributed by atoms with Gasteiger partial charge in [-0.25, -0.2) is 0 Å². The Morgan fingerprint density at radius 1 is 0.884 bits per heavy atom. The van der Waals surface area contributed by atoms with Crippen LogP contribution in [-0.2, 0) is 27.2 Å². The van der Waals surface area contributed by atoms with Crippen LogP contribution in [0.1, 0.15) is 137 Å². The molecule has 43 heavy (non-hydrogen) atoms. The summed E-state index contributed by atoms with van der Waals surface area (Å²) in [7, 11) is 0. The molecule has 1 aromatic rings. The van der Waals surface area contributed by atoms with E-state index in [2.05, 4.69) is 27.4 Å². The maximum Gasteiger partial charge on any atom is 0.316 e. The van der Waals surface area contributed by atoms with Gasteiger partial charge in [-0.3, -0.25) is 9.59 Å². The van der Waals surface area contributed by atoms with E-state index in [4.69, 9.17) is 9.47 Å². The average molecular weight is 605 g/mol. The third-order valence-corrected chi connectivity index (χ3v) is 8.38. The number of halogens is 2. The third-order valence-electron chi connectivity index (χ3n) is 8.38. The molecule has 4 nitrogen and oxygen atoms in total. The fraction of sp³-hybridized carbons (Fsp3) is 0.676. The van der Waals surface area contributed by atoms with Crippen molar-refractivity contribution in [3.63, 3.8) is 0 Å². The van der Waals surface area contributed by atoms with Gasteiger partial charge in [0.05, 0.1) is 11.0 Å². The summed E-state index contributed by atoms with van der Waals surface area (Å²) in [5.41, 5.74) is 1.70. The lowest BCUT2D eigenvalue weighted by Gasteiger charge is -2.29. The van der Waals surface area contributed by atoms with Crippen molar-refractivity contribution in [1.82, 2.24) is 0 Å². The Bertz CT molecular complexity index is 1090. The second kappa shape index (κ2) is 17.7. The van der Waals surface area contributed by atoms with Crippen LogP contribution >= 0.6 is 0 Å². The molecule has 0 radical (unpaired) electrons. The minimum atomic E-state index is -3.16. The highest BCUT2D eigenvalue weighted by Gasteiger charge is 2.33. The van der Waals surface area contributed by atoms with Crippen molar-refractivity contribution >= 4 is 17.3 Å². The maximum absolute atomic E-state index is 14.3. The van der Waals surface area contributed by atoms with Gasteiger partial charge in [-0.05, 0) is 93.7 Å². The molecule has 244 valence electrons. The van der Waals surface area contributed by atoms with Gasteiger partial charge in [-0.2, -0.15) is 8.78 Å². The van der Waals surface area contributed by atoms with Crippen molar-refractivity contribution in [2.75, 3.05) is 6.61 Å². The smallest absolute Gasteiger partial charge is 0.316 e. The summed E-state index contributed by atoms with van der Waals surface area (Å²) >= 11 is 0. The summed E-state index contributed by atoms with van der Waals surface area (Å²) in [4.78, 5) is 26.9. The fourth-order valence-electron chi connectivity index (χ4n) is 5.46. The number of ketones is 1. The largest absolute Gasteiger partial charge is 0.487 e. The van der Waals surface area contributed by atoms with E-state index in [0.717, 1.165) is 42.4 Å². The zero-order valence-corrected chi connectivity index (χ0v) is 28.7. The molecule has 2 unspecified atom stereocenters. The number of Topliss-reactive ketones (excluding diaryl/α,β-unsaturated/α-hetero) is 1. The van der Waals surface area contributed by atoms with Crippen LogP contribution in [-0.4, -0.2) is 24.3 Å². The molecule has 0 spiro atoms. The molecule has 0 aromatic heterocycles. The van der Waals surface area contributed by atoms with Gasteiger partial charge >= 0.3 is 11.9 Å². The zero-order chi connectivity index (χ0) is 33.0. The molecule has 0 aliphatic heterocycles. The molecule has 0 saturated heterocycles. The van der Waals surface area contributed by atoms with Crippen molar-refractivity contribution in [3.05, 3.63) is 46.7 Å². The second-order valence-corrected chi connectivity index (χ2v) is 13.0. The number of ether oxygens (including phenoxy) is 2. The van der Waals surface area contributed by atoms with Gasteiger partial charge in [0.15, 0.2) is 12.4 Å². The first-order valence-electron chi connectivity index (χ1n) is 16.4. The quantitative estimate of drug-likeness (QED) is 0.0518. The van der Waals surface area contributed by atoms with E-state index in [1.807, 2.05) is 34.6 Å². The Kier molecular flexibility index (Phi) is 15.9. The first kappa shape index (κ1) is 38.5. The van der Waals surface area contributed by atoms with Crippen LogP contribution in [0.2, 0.25) is 0 Å². The van der Waals surface area contributed by atoms with E-state index in [1.54, 1.807) is 12.1 Å². The van der Waals surface area contributed by atoms with E-state index < -0.39 is 17.9 Å². The molecule has 1 rings (SSSR count). The summed E-state index contributed by atoms with van der Waals surface area (Å²) in [5, 5.41) is 0. The van der Waals surface area contributed by atoms with Gasteiger partial charge in [-0.15, -0.1) is 0 Å². The van der Waals surface area contributed by atoms with E-state index in [0.29, 0.717) is 42.3 Å². The van der Waals surface area contributed by atoms with Crippen molar-refractivity contribution in [1.29, 1.82) is 0 Å². The Hall–Kier alpha value is -2.50. The number of esters is 1. The van der Waals surface area contributed by atoms with Gasteiger partial charge in [0.2, 0.25) is 0 Å². The van der Waals surface area contributed by atoms with E-state index in [9.17, 15) is 18.4 Å². The first-order valence-corrected chi connectivity index (χ1v) is 16.4. The van der Waals surface area contributed by atoms with Gasteiger partial charge in [0.1, 0.15) is 11.5 Å². The fourth-order valence-corrected chi connectivity index (χ4v) is 5.46. The molecular weight excluding hydrogens is 546 g/mol. The summed E-state index contributed by atoms with van der Waals surface area (Å²) in [6.07, 6.45) is 9.36. The molecular formula is C37H58F2O4. The van der Waals surface area contributed by atoms with Crippen molar-refractivity contribution in [3.8, 4) is 5.75 Å². The minimum Gasteiger partial charge on any atom is -0.487 e. The van der Waals surface area contributed by atoms with Gasteiger partial charge in [0, 0.05) is 6.42 Å². The first-order chi connectivity index (χ1) is 20.1. The summed E-state index contributed by atoms with van der Waals surface area (Å²) < 4.78 is 40.3. The molecule has 6 heteroatoms. The number of alkyl halides is 2. The Balaban J connectivity index is 3.82. The average Bonchev–Trinajstić information content (AvgIpc) is 2.94. The Labute approximate surface area is 260 Å². The second-order valence-electron chi connectivity index (χ2n) is 13.0. The number of unbranched alkanes of at least 4 members (excludes halogenated alkanes) is 3. The summed E-state index contributed by atoms with van der Waals surface area (Å²) in [6, 6.07) is 3.46. The van der Waals surface area contributed by atoms with E-state index in [-0.39, 0.29) is 23.2 Å². The van der Waals surface area contributed by atoms with Crippen LogP contribution < -0.4 is 4.74 Å². The molecule has 2 atom stereocenters. The highest BCUT2D eigenvalue weighted by atomic mass is 19.3. The molecule has 0 aliphatic rings. The van der Waals surface area contributed by atoms with Crippen LogP contribution in [0.3, 0.4) is 0 Å². The Morgan fingerprint density at radius 2 is 1.44 bits per heavy atom. The van der Waals surface area contributed by atoms with Crippen molar-refractivity contribution in [2.45, 2.75) is 139 Å². The van der Waals surface area contributed by atoms with Crippen LogP contribution in [0.5, 0.6) is 5.75 Å². The number of benzene rings is 1. The predicted octanol–water partition coefficient (Wildman–Crippen LogP) is 10.7. The molecule has 0 amide bonds. The lowest BCUT2D eigenvalue weighted by Crippen LogP contribution is -2.26. The lowest BCUT2D eigenvalue weighted by molar-refractivity contribution is -0.148. The van der Waals surface area contributed by atoms with Crippen LogP contribution in [0, 0.1) is 17.3 Å². The van der Waals surface area contributed by atoms with E-state index in [1.165, 1.54) is 33.1 Å². The van der Waals surface area contributed by atoms with Gasteiger partial charge in [-0.1, -0.05) is 86.1 Å². The normalized spacial score (nSPS) is 14.1.